The van der Waals surface area contributed by atoms with E-state index in [0.717, 1.165) is 0 Å². The van der Waals surface area contributed by atoms with Crippen molar-refractivity contribution in [2.45, 2.75) is 60.8 Å². The van der Waals surface area contributed by atoms with Crippen molar-refractivity contribution in [1.82, 2.24) is 5.32 Å². The molecule has 1 aliphatic rings. The fraction of sp³-hybridized carbons (Fsp3) is 1.00. The van der Waals surface area contributed by atoms with Gasteiger partial charge in [-0.15, -0.1) is 0 Å². The minimum atomic E-state index is 0.378. The third-order valence-corrected chi connectivity index (χ3v) is 4.51. The molecule has 0 amide bonds. The van der Waals surface area contributed by atoms with Crippen molar-refractivity contribution in [3.05, 3.63) is 0 Å². The SMILES string of the molecule is CC(C)(C)C1(C(C)(C)C)CCCCNC1. The molecular weight excluding hydrogens is 182 g/mol. The van der Waals surface area contributed by atoms with Gasteiger partial charge in [0.2, 0.25) is 0 Å². The van der Waals surface area contributed by atoms with E-state index in [0.29, 0.717) is 16.2 Å². The van der Waals surface area contributed by atoms with Crippen molar-refractivity contribution in [2.75, 3.05) is 13.1 Å². The van der Waals surface area contributed by atoms with Gasteiger partial charge in [0.25, 0.3) is 0 Å². The van der Waals surface area contributed by atoms with Crippen molar-refractivity contribution in [1.29, 1.82) is 0 Å². The van der Waals surface area contributed by atoms with E-state index in [4.69, 9.17) is 0 Å². The zero-order chi connectivity index (χ0) is 11.7. The van der Waals surface area contributed by atoms with Crippen LogP contribution in [0.5, 0.6) is 0 Å². The Morgan fingerprint density at radius 2 is 1.40 bits per heavy atom. The summed E-state index contributed by atoms with van der Waals surface area (Å²) in [5, 5.41) is 3.65. The second-order valence-electron chi connectivity index (χ2n) is 7.22. The van der Waals surface area contributed by atoms with E-state index in [1.54, 1.807) is 0 Å². The summed E-state index contributed by atoms with van der Waals surface area (Å²) in [6.45, 7) is 16.8. The van der Waals surface area contributed by atoms with Crippen LogP contribution in [0.1, 0.15) is 60.8 Å². The molecule has 1 heterocycles. The van der Waals surface area contributed by atoms with Gasteiger partial charge in [0.05, 0.1) is 0 Å². The molecule has 0 aromatic heterocycles. The van der Waals surface area contributed by atoms with Crippen LogP contribution in [0.25, 0.3) is 0 Å². The fourth-order valence-electron chi connectivity index (χ4n) is 3.47. The fourth-order valence-corrected chi connectivity index (χ4v) is 3.47. The predicted molar refractivity (Wildman–Crippen MR) is 68.1 cm³/mol. The highest BCUT2D eigenvalue weighted by molar-refractivity contribution is 5.00. The number of rotatable bonds is 0. The van der Waals surface area contributed by atoms with Gasteiger partial charge < -0.3 is 5.32 Å². The summed E-state index contributed by atoms with van der Waals surface area (Å²) in [5.74, 6) is 0. The Hall–Kier alpha value is -0.0400. The molecule has 1 N–H and O–H groups in total. The van der Waals surface area contributed by atoms with Crippen LogP contribution in [-0.2, 0) is 0 Å². The van der Waals surface area contributed by atoms with Crippen molar-refractivity contribution in [3.63, 3.8) is 0 Å². The van der Waals surface area contributed by atoms with Gasteiger partial charge in [-0.25, -0.2) is 0 Å². The average molecular weight is 211 g/mol. The van der Waals surface area contributed by atoms with Gasteiger partial charge in [-0.2, -0.15) is 0 Å². The molecule has 1 rings (SSSR count). The van der Waals surface area contributed by atoms with Gasteiger partial charge in [0.1, 0.15) is 0 Å². The Kier molecular flexibility index (Phi) is 3.55. The Balaban J connectivity index is 3.05. The summed E-state index contributed by atoms with van der Waals surface area (Å²) in [6.07, 6.45) is 4.09. The molecule has 0 aromatic rings. The third kappa shape index (κ3) is 2.38. The van der Waals surface area contributed by atoms with E-state index in [1.165, 1.54) is 32.4 Å². The number of hydrogen-bond donors (Lipinski definition) is 1. The predicted octanol–water partition coefficient (Wildman–Crippen LogP) is 3.84. The molecule has 0 unspecified atom stereocenters. The van der Waals surface area contributed by atoms with Crippen molar-refractivity contribution < 1.29 is 0 Å². The average Bonchev–Trinajstić information content (AvgIpc) is 2.25. The monoisotopic (exact) mass is 211 g/mol. The van der Waals surface area contributed by atoms with Crippen LogP contribution in [0.4, 0.5) is 0 Å². The van der Waals surface area contributed by atoms with E-state index in [-0.39, 0.29) is 0 Å². The molecule has 0 bridgehead atoms. The van der Waals surface area contributed by atoms with Crippen LogP contribution in [0.15, 0.2) is 0 Å². The standard InChI is InChI=1S/C14H29N/c1-12(2,3)14(13(4,5)6)9-7-8-10-15-11-14/h15H,7-11H2,1-6H3. The highest BCUT2D eigenvalue weighted by atomic mass is 14.9. The molecule has 0 saturated carbocycles. The highest BCUT2D eigenvalue weighted by Gasteiger charge is 2.49. The number of hydrogen-bond acceptors (Lipinski definition) is 1. The summed E-state index contributed by atoms with van der Waals surface area (Å²) in [5.41, 5.74) is 1.18. The lowest BCUT2D eigenvalue weighted by Gasteiger charge is -2.54. The van der Waals surface area contributed by atoms with E-state index in [1.807, 2.05) is 0 Å². The van der Waals surface area contributed by atoms with Crippen LogP contribution in [0.3, 0.4) is 0 Å². The van der Waals surface area contributed by atoms with Crippen LogP contribution in [0, 0.1) is 16.2 Å². The minimum Gasteiger partial charge on any atom is -0.316 e. The maximum atomic E-state index is 3.65. The second kappa shape index (κ2) is 4.08. The lowest BCUT2D eigenvalue weighted by Crippen LogP contribution is -2.51. The van der Waals surface area contributed by atoms with E-state index >= 15 is 0 Å². The first-order chi connectivity index (χ1) is 6.71. The molecule has 15 heavy (non-hydrogen) atoms. The largest absolute Gasteiger partial charge is 0.316 e. The minimum absolute atomic E-state index is 0.378. The van der Waals surface area contributed by atoms with Gasteiger partial charge in [-0.3, -0.25) is 0 Å². The highest BCUT2D eigenvalue weighted by Crippen LogP contribution is 2.54. The molecular formula is C14H29N. The molecule has 1 aliphatic heterocycles. The Morgan fingerprint density at radius 1 is 0.867 bits per heavy atom. The van der Waals surface area contributed by atoms with E-state index in [2.05, 4.69) is 46.9 Å². The molecule has 1 saturated heterocycles. The molecule has 0 radical (unpaired) electrons. The lowest BCUT2D eigenvalue weighted by molar-refractivity contribution is -0.0347. The van der Waals surface area contributed by atoms with Gasteiger partial charge in [-0.1, -0.05) is 48.0 Å². The van der Waals surface area contributed by atoms with E-state index in [9.17, 15) is 0 Å². The smallest absolute Gasteiger partial charge is 0.00178 e. The Labute approximate surface area is 96.0 Å². The Morgan fingerprint density at radius 3 is 1.87 bits per heavy atom. The van der Waals surface area contributed by atoms with Crippen LogP contribution >= 0.6 is 0 Å². The topological polar surface area (TPSA) is 12.0 Å². The van der Waals surface area contributed by atoms with Crippen LogP contribution in [0.2, 0.25) is 0 Å². The second-order valence-corrected chi connectivity index (χ2v) is 7.22. The Bertz CT molecular complexity index is 180. The summed E-state index contributed by atoms with van der Waals surface area (Å²) in [7, 11) is 0. The van der Waals surface area contributed by atoms with Crippen LogP contribution < -0.4 is 5.32 Å². The maximum Gasteiger partial charge on any atom is 0.00178 e. The molecule has 0 spiro atoms. The van der Waals surface area contributed by atoms with Crippen LogP contribution in [-0.4, -0.2) is 13.1 Å². The molecule has 1 nitrogen and oxygen atoms in total. The van der Waals surface area contributed by atoms with Gasteiger partial charge in [0, 0.05) is 6.54 Å². The van der Waals surface area contributed by atoms with E-state index < -0.39 is 0 Å². The summed E-state index contributed by atoms with van der Waals surface area (Å²) in [4.78, 5) is 0. The summed E-state index contributed by atoms with van der Waals surface area (Å²) in [6, 6.07) is 0. The zero-order valence-electron chi connectivity index (χ0n) is 11.5. The molecule has 90 valence electrons. The van der Waals surface area contributed by atoms with Crippen molar-refractivity contribution in [2.24, 2.45) is 16.2 Å². The molecule has 0 atom stereocenters. The van der Waals surface area contributed by atoms with Gasteiger partial charge >= 0.3 is 0 Å². The first kappa shape index (κ1) is 13.0. The normalized spacial score (nSPS) is 23.6. The maximum absolute atomic E-state index is 3.65. The van der Waals surface area contributed by atoms with Crippen molar-refractivity contribution in [3.8, 4) is 0 Å². The molecule has 0 aliphatic carbocycles. The molecule has 1 fully saturated rings. The zero-order valence-corrected chi connectivity index (χ0v) is 11.5. The van der Waals surface area contributed by atoms with Crippen molar-refractivity contribution >= 4 is 0 Å². The summed E-state index contributed by atoms with van der Waals surface area (Å²) < 4.78 is 0. The molecule has 1 heteroatoms. The summed E-state index contributed by atoms with van der Waals surface area (Å²) >= 11 is 0. The van der Waals surface area contributed by atoms with Gasteiger partial charge in [-0.05, 0) is 35.6 Å². The first-order valence-electron chi connectivity index (χ1n) is 6.41. The van der Waals surface area contributed by atoms with Gasteiger partial charge in [0.15, 0.2) is 0 Å². The number of nitrogens with one attached hydrogen (secondary N) is 1. The first-order valence-corrected chi connectivity index (χ1v) is 6.41. The lowest BCUT2D eigenvalue weighted by atomic mass is 9.52. The quantitative estimate of drug-likeness (QED) is 0.642. The third-order valence-electron chi connectivity index (χ3n) is 4.51. The molecule has 0 aromatic carbocycles.